The first-order chi connectivity index (χ1) is 10.6. The Morgan fingerprint density at radius 3 is 2.09 bits per heavy atom. The van der Waals surface area contributed by atoms with Crippen LogP contribution in [0.1, 0.15) is 77.6 Å². The SMILES string of the molecule is CC1CCC(C2CC=C(C3CCC(C(F)F)CC3)CC2)CC1. The first-order valence-electron chi connectivity index (χ1n) is 9.60. The number of alkyl halides is 2. The van der Waals surface area contributed by atoms with E-state index in [0.29, 0.717) is 5.92 Å². The second kappa shape index (κ2) is 7.45. The van der Waals surface area contributed by atoms with Gasteiger partial charge in [0, 0.05) is 5.92 Å². The third-order valence-corrected chi connectivity index (χ3v) is 6.87. The summed E-state index contributed by atoms with van der Waals surface area (Å²) in [5, 5.41) is 0. The van der Waals surface area contributed by atoms with Gasteiger partial charge >= 0.3 is 0 Å². The van der Waals surface area contributed by atoms with Crippen molar-refractivity contribution in [1.29, 1.82) is 0 Å². The van der Waals surface area contributed by atoms with Crippen molar-refractivity contribution in [2.75, 3.05) is 0 Å². The van der Waals surface area contributed by atoms with E-state index in [1.807, 2.05) is 0 Å². The summed E-state index contributed by atoms with van der Waals surface area (Å²) >= 11 is 0. The molecule has 126 valence electrons. The molecule has 0 radical (unpaired) electrons. The summed E-state index contributed by atoms with van der Waals surface area (Å²) in [7, 11) is 0. The van der Waals surface area contributed by atoms with Crippen LogP contribution in [0.3, 0.4) is 0 Å². The fourth-order valence-corrected chi connectivity index (χ4v) is 5.17. The molecule has 0 aromatic carbocycles. The molecule has 1 unspecified atom stereocenters. The van der Waals surface area contributed by atoms with Crippen LogP contribution in [0.2, 0.25) is 0 Å². The first kappa shape index (κ1) is 16.5. The molecule has 0 aliphatic heterocycles. The maximum Gasteiger partial charge on any atom is 0.241 e. The molecule has 22 heavy (non-hydrogen) atoms. The summed E-state index contributed by atoms with van der Waals surface area (Å²) in [6, 6.07) is 0. The van der Waals surface area contributed by atoms with E-state index in [1.54, 1.807) is 5.57 Å². The molecule has 2 heteroatoms. The zero-order valence-corrected chi connectivity index (χ0v) is 14.1. The van der Waals surface area contributed by atoms with E-state index in [-0.39, 0.29) is 5.92 Å². The minimum atomic E-state index is -2.10. The van der Waals surface area contributed by atoms with Crippen LogP contribution in [0.5, 0.6) is 0 Å². The third kappa shape index (κ3) is 3.92. The van der Waals surface area contributed by atoms with Crippen LogP contribution in [0, 0.1) is 29.6 Å². The van der Waals surface area contributed by atoms with Crippen LogP contribution in [-0.4, -0.2) is 6.43 Å². The van der Waals surface area contributed by atoms with Gasteiger partial charge in [0.05, 0.1) is 0 Å². The highest BCUT2D eigenvalue weighted by molar-refractivity contribution is 5.12. The predicted octanol–water partition coefficient (Wildman–Crippen LogP) is 6.61. The molecule has 2 fully saturated rings. The molecule has 0 aromatic rings. The van der Waals surface area contributed by atoms with Gasteiger partial charge < -0.3 is 0 Å². The van der Waals surface area contributed by atoms with Gasteiger partial charge in [-0.2, -0.15) is 0 Å². The van der Waals surface area contributed by atoms with Crippen LogP contribution in [0.25, 0.3) is 0 Å². The van der Waals surface area contributed by atoms with Crippen molar-refractivity contribution in [2.24, 2.45) is 29.6 Å². The Labute approximate surface area is 134 Å². The average Bonchev–Trinajstić information content (AvgIpc) is 2.56. The Balaban J connectivity index is 1.47. The van der Waals surface area contributed by atoms with Gasteiger partial charge in [0.2, 0.25) is 6.43 Å². The average molecular weight is 310 g/mol. The molecular formula is C20H32F2. The first-order valence-corrected chi connectivity index (χ1v) is 9.60. The zero-order valence-electron chi connectivity index (χ0n) is 14.1. The highest BCUT2D eigenvalue weighted by Gasteiger charge is 2.32. The molecule has 2 saturated carbocycles. The van der Waals surface area contributed by atoms with E-state index >= 15 is 0 Å². The molecule has 0 saturated heterocycles. The number of allylic oxidation sites excluding steroid dienone is 2. The lowest BCUT2D eigenvalue weighted by atomic mass is 9.69. The molecule has 0 heterocycles. The topological polar surface area (TPSA) is 0 Å². The van der Waals surface area contributed by atoms with E-state index < -0.39 is 6.43 Å². The monoisotopic (exact) mass is 310 g/mol. The molecule has 3 aliphatic rings. The van der Waals surface area contributed by atoms with Crippen LogP contribution in [-0.2, 0) is 0 Å². The van der Waals surface area contributed by atoms with Crippen molar-refractivity contribution < 1.29 is 8.78 Å². The molecule has 0 spiro atoms. The van der Waals surface area contributed by atoms with Gasteiger partial charge in [-0.05, 0) is 81.5 Å². The maximum absolute atomic E-state index is 12.8. The van der Waals surface area contributed by atoms with Crippen molar-refractivity contribution >= 4 is 0 Å². The summed E-state index contributed by atoms with van der Waals surface area (Å²) in [5.41, 5.74) is 1.62. The van der Waals surface area contributed by atoms with Gasteiger partial charge in [-0.15, -0.1) is 0 Å². The minimum absolute atomic E-state index is 0.322. The van der Waals surface area contributed by atoms with Crippen molar-refractivity contribution in [2.45, 2.75) is 84.0 Å². The number of hydrogen-bond donors (Lipinski definition) is 0. The molecule has 0 bridgehead atoms. The second-order valence-electron chi connectivity index (χ2n) is 8.28. The van der Waals surface area contributed by atoms with Crippen molar-refractivity contribution in [3.63, 3.8) is 0 Å². The molecule has 3 aliphatic carbocycles. The summed E-state index contributed by atoms with van der Waals surface area (Å²) < 4.78 is 25.5. The standard InChI is InChI=1S/C20H32F2/c1-14-2-4-15(5-3-14)16-6-8-17(9-7-16)18-10-12-19(13-11-18)20(21)22/h8,14-16,18-20H,2-7,9-13H2,1H3. The van der Waals surface area contributed by atoms with E-state index in [2.05, 4.69) is 13.0 Å². The van der Waals surface area contributed by atoms with E-state index in [9.17, 15) is 8.78 Å². The van der Waals surface area contributed by atoms with Crippen LogP contribution in [0.15, 0.2) is 11.6 Å². The third-order valence-electron chi connectivity index (χ3n) is 6.87. The smallest absolute Gasteiger partial charge is 0.210 e. The summed E-state index contributed by atoms with van der Waals surface area (Å²) in [6.07, 6.45) is 13.5. The Morgan fingerprint density at radius 2 is 1.55 bits per heavy atom. The number of rotatable bonds is 3. The molecule has 3 rings (SSSR count). The number of hydrogen-bond acceptors (Lipinski definition) is 0. The lowest BCUT2D eigenvalue weighted by Crippen LogP contribution is -2.25. The molecular weight excluding hydrogens is 278 g/mol. The fourth-order valence-electron chi connectivity index (χ4n) is 5.17. The Morgan fingerprint density at radius 1 is 0.864 bits per heavy atom. The van der Waals surface area contributed by atoms with Crippen molar-refractivity contribution in [1.82, 2.24) is 0 Å². The van der Waals surface area contributed by atoms with E-state index in [0.717, 1.165) is 43.4 Å². The Hall–Kier alpha value is -0.400. The molecule has 0 aromatic heterocycles. The molecule has 0 amide bonds. The van der Waals surface area contributed by atoms with Crippen molar-refractivity contribution in [3.05, 3.63) is 11.6 Å². The van der Waals surface area contributed by atoms with Gasteiger partial charge in [-0.1, -0.05) is 31.4 Å². The molecule has 0 nitrogen and oxygen atoms in total. The lowest BCUT2D eigenvalue weighted by molar-refractivity contribution is 0.0491. The van der Waals surface area contributed by atoms with E-state index in [4.69, 9.17) is 0 Å². The molecule has 0 N–H and O–H groups in total. The predicted molar refractivity (Wildman–Crippen MR) is 88.0 cm³/mol. The normalized spacial score (nSPS) is 40.5. The molecule has 1 atom stereocenters. The van der Waals surface area contributed by atoms with Gasteiger partial charge in [-0.25, -0.2) is 8.78 Å². The quantitative estimate of drug-likeness (QED) is 0.514. The zero-order chi connectivity index (χ0) is 15.5. The lowest BCUT2D eigenvalue weighted by Gasteiger charge is -2.37. The summed E-state index contributed by atoms with van der Waals surface area (Å²) in [5.74, 6) is 3.12. The summed E-state index contributed by atoms with van der Waals surface area (Å²) in [4.78, 5) is 0. The fraction of sp³-hybridized carbons (Fsp3) is 0.900. The highest BCUT2D eigenvalue weighted by Crippen LogP contribution is 2.43. The Kier molecular flexibility index (Phi) is 5.57. The highest BCUT2D eigenvalue weighted by atomic mass is 19.3. The Bertz CT molecular complexity index is 371. The van der Waals surface area contributed by atoms with Crippen LogP contribution < -0.4 is 0 Å². The van der Waals surface area contributed by atoms with Crippen LogP contribution in [0.4, 0.5) is 8.78 Å². The summed E-state index contributed by atoms with van der Waals surface area (Å²) in [6.45, 7) is 2.39. The van der Waals surface area contributed by atoms with Gasteiger partial charge in [0.25, 0.3) is 0 Å². The minimum Gasteiger partial charge on any atom is -0.210 e. The second-order valence-corrected chi connectivity index (χ2v) is 8.28. The number of halogens is 2. The van der Waals surface area contributed by atoms with Crippen molar-refractivity contribution in [3.8, 4) is 0 Å². The maximum atomic E-state index is 12.8. The van der Waals surface area contributed by atoms with E-state index in [1.165, 1.54) is 44.9 Å². The van der Waals surface area contributed by atoms with Gasteiger partial charge in [0.1, 0.15) is 0 Å². The van der Waals surface area contributed by atoms with Gasteiger partial charge in [-0.3, -0.25) is 0 Å². The van der Waals surface area contributed by atoms with Gasteiger partial charge in [0.15, 0.2) is 0 Å². The largest absolute Gasteiger partial charge is 0.241 e. The van der Waals surface area contributed by atoms with Crippen LogP contribution >= 0.6 is 0 Å².